The highest BCUT2D eigenvalue weighted by atomic mass is 35.5. The second kappa shape index (κ2) is 8.74. The number of hydrogen-bond acceptors (Lipinski definition) is 8. The lowest BCUT2D eigenvalue weighted by molar-refractivity contribution is -0.139. The van der Waals surface area contributed by atoms with Gasteiger partial charge in [0.15, 0.2) is 0 Å². The number of carboxylic acid groups (broad SMARTS) is 1. The summed E-state index contributed by atoms with van der Waals surface area (Å²) in [5.41, 5.74) is 0.962. The molecule has 178 valence electrons. The van der Waals surface area contributed by atoms with Crippen molar-refractivity contribution in [2.75, 3.05) is 11.9 Å². The standard InChI is InChI=1S/C19H21ClN4O7S2/c20-13-7-14-17(8-16(13)32(21,27)28)33(29,30)24-18(23-14)5-10-1-3-11(4-2-10)31-12-6-15(19(25)26)22-9-12/h1-4,7-8,12,15,18,22-24H,5-6,9H2,(H,25,26)(H2,21,27,28)/t12?,15-,18?/m0/s1. The molecule has 1 saturated heterocycles. The lowest BCUT2D eigenvalue weighted by atomic mass is 10.1. The Morgan fingerprint density at radius 3 is 2.55 bits per heavy atom. The summed E-state index contributed by atoms with van der Waals surface area (Å²) in [4.78, 5) is 10.3. The Kier molecular flexibility index (Phi) is 6.28. The largest absolute Gasteiger partial charge is 0.489 e. The van der Waals surface area contributed by atoms with Gasteiger partial charge < -0.3 is 20.5 Å². The number of carbonyl (C=O) groups is 1. The van der Waals surface area contributed by atoms with E-state index >= 15 is 0 Å². The maximum atomic E-state index is 12.7. The van der Waals surface area contributed by atoms with Crippen LogP contribution in [0.3, 0.4) is 0 Å². The van der Waals surface area contributed by atoms with Crippen molar-refractivity contribution < 1.29 is 31.5 Å². The molecule has 6 N–H and O–H groups in total. The van der Waals surface area contributed by atoms with Gasteiger partial charge in [0.05, 0.1) is 16.9 Å². The molecule has 0 saturated carbocycles. The van der Waals surface area contributed by atoms with Crippen LogP contribution in [-0.4, -0.2) is 52.8 Å². The average Bonchev–Trinajstić information content (AvgIpc) is 3.16. The van der Waals surface area contributed by atoms with Gasteiger partial charge in [-0.15, -0.1) is 0 Å². The fourth-order valence-corrected chi connectivity index (χ4v) is 6.26. The van der Waals surface area contributed by atoms with Gasteiger partial charge in [-0.25, -0.2) is 22.0 Å². The van der Waals surface area contributed by atoms with Gasteiger partial charge in [-0.3, -0.25) is 4.79 Å². The molecule has 0 spiro atoms. The van der Waals surface area contributed by atoms with Crippen LogP contribution in [0, 0.1) is 0 Å². The van der Waals surface area contributed by atoms with Gasteiger partial charge in [-0.1, -0.05) is 23.7 Å². The topological polar surface area (TPSA) is 177 Å². The van der Waals surface area contributed by atoms with Gasteiger partial charge in [0.1, 0.15) is 27.7 Å². The summed E-state index contributed by atoms with van der Waals surface area (Å²) in [6.45, 7) is 0.432. The first-order chi connectivity index (χ1) is 15.4. The predicted molar refractivity (Wildman–Crippen MR) is 119 cm³/mol. The molecule has 4 rings (SSSR count). The van der Waals surface area contributed by atoms with Crippen LogP contribution >= 0.6 is 11.6 Å². The number of rotatable bonds is 6. The van der Waals surface area contributed by atoms with E-state index in [4.69, 9.17) is 26.6 Å². The molecule has 3 atom stereocenters. The number of halogens is 1. The van der Waals surface area contributed by atoms with E-state index in [2.05, 4.69) is 15.4 Å². The Bertz CT molecular complexity index is 1300. The van der Waals surface area contributed by atoms with Crippen LogP contribution in [0.15, 0.2) is 46.2 Å². The third-order valence-corrected chi connectivity index (χ3v) is 8.20. The van der Waals surface area contributed by atoms with Crippen molar-refractivity contribution >= 4 is 43.3 Å². The molecular weight excluding hydrogens is 496 g/mol. The minimum atomic E-state index is -4.20. The average molecular weight is 517 g/mol. The van der Waals surface area contributed by atoms with E-state index < -0.39 is 43.1 Å². The zero-order chi connectivity index (χ0) is 24.0. The molecule has 0 aromatic heterocycles. The second-order valence-electron chi connectivity index (χ2n) is 7.76. The van der Waals surface area contributed by atoms with Gasteiger partial charge in [-0.05, 0) is 29.8 Å². The van der Waals surface area contributed by atoms with Crippen LogP contribution < -0.4 is 25.2 Å². The van der Waals surface area contributed by atoms with Crippen molar-refractivity contribution in [1.29, 1.82) is 0 Å². The fraction of sp³-hybridized carbons (Fsp3) is 0.316. The summed E-state index contributed by atoms with van der Waals surface area (Å²) in [7, 11) is -8.21. The summed E-state index contributed by atoms with van der Waals surface area (Å²) in [5, 5.41) is 19.8. The first-order valence-electron chi connectivity index (χ1n) is 9.79. The Balaban J connectivity index is 1.45. The quantitative estimate of drug-likeness (QED) is 0.364. The second-order valence-corrected chi connectivity index (χ2v) is 11.4. The summed E-state index contributed by atoms with van der Waals surface area (Å²) in [5.74, 6) is -0.343. The molecule has 0 aliphatic carbocycles. The highest BCUT2D eigenvalue weighted by Gasteiger charge is 2.32. The smallest absolute Gasteiger partial charge is 0.320 e. The van der Waals surface area contributed by atoms with Gasteiger partial charge in [0.2, 0.25) is 20.0 Å². The molecule has 0 radical (unpaired) electrons. The van der Waals surface area contributed by atoms with Gasteiger partial charge >= 0.3 is 5.97 Å². The third kappa shape index (κ3) is 5.23. The molecule has 0 amide bonds. The molecule has 2 aromatic rings. The van der Waals surface area contributed by atoms with E-state index in [-0.39, 0.29) is 28.1 Å². The molecule has 2 aliphatic heterocycles. The van der Waals surface area contributed by atoms with Crippen LogP contribution in [0.1, 0.15) is 12.0 Å². The number of benzene rings is 2. The SMILES string of the molecule is NS(=O)(=O)c1cc2c(cc1Cl)NC(Cc1ccc(OC3CN[C@H](C(=O)O)C3)cc1)NS2(=O)=O. The number of hydrogen-bond donors (Lipinski definition) is 5. The zero-order valence-electron chi connectivity index (χ0n) is 17.0. The van der Waals surface area contributed by atoms with Gasteiger partial charge in [0.25, 0.3) is 0 Å². The molecule has 2 unspecified atom stereocenters. The first kappa shape index (κ1) is 23.7. The van der Waals surface area contributed by atoms with Crippen molar-refractivity contribution in [1.82, 2.24) is 10.0 Å². The van der Waals surface area contributed by atoms with E-state index in [1.807, 2.05) is 0 Å². The number of nitrogens with two attached hydrogens (primary N) is 1. The Labute approximate surface area is 195 Å². The van der Waals surface area contributed by atoms with Crippen LogP contribution in [0.5, 0.6) is 5.75 Å². The molecule has 0 bridgehead atoms. The Morgan fingerprint density at radius 1 is 1.24 bits per heavy atom. The van der Waals surface area contributed by atoms with Gasteiger partial charge in [-0.2, -0.15) is 4.72 Å². The molecule has 2 aliphatic rings. The van der Waals surface area contributed by atoms with Crippen molar-refractivity contribution in [3.05, 3.63) is 47.0 Å². The van der Waals surface area contributed by atoms with Crippen LogP contribution in [-0.2, 0) is 31.3 Å². The van der Waals surface area contributed by atoms with E-state index in [9.17, 15) is 21.6 Å². The molecule has 2 heterocycles. The Hall–Kier alpha value is -2.42. The summed E-state index contributed by atoms with van der Waals surface area (Å²) < 4.78 is 57.0. The predicted octanol–water partition coefficient (Wildman–Crippen LogP) is 0.454. The number of sulfonamides is 2. The number of primary sulfonamides is 1. The monoisotopic (exact) mass is 516 g/mol. The molecule has 11 nitrogen and oxygen atoms in total. The minimum absolute atomic E-state index is 0.165. The number of anilines is 1. The summed E-state index contributed by atoms with van der Waals surface area (Å²) in [6, 6.07) is 8.52. The zero-order valence-corrected chi connectivity index (χ0v) is 19.4. The highest BCUT2D eigenvalue weighted by Crippen LogP contribution is 2.34. The number of aliphatic carboxylic acids is 1. The third-order valence-electron chi connectivity index (χ3n) is 5.31. The lowest BCUT2D eigenvalue weighted by Gasteiger charge is -2.28. The van der Waals surface area contributed by atoms with Crippen molar-refractivity contribution in [3.63, 3.8) is 0 Å². The number of nitrogens with one attached hydrogen (secondary N) is 3. The molecule has 33 heavy (non-hydrogen) atoms. The van der Waals surface area contributed by atoms with Crippen LogP contribution in [0.4, 0.5) is 5.69 Å². The molecule has 14 heteroatoms. The Morgan fingerprint density at radius 2 is 1.94 bits per heavy atom. The number of ether oxygens (including phenoxy) is 1. The van der Waals surface area contributed by atoms with Crippen LogP contribution in [0.2, 0.25) is 5.02 Å². The molecule has 1 fully saturated rings. The van der Waals surface area contributed by atoms with E-state index in [0.717, 1.165) is 11.6 Å². The van der Waals surface area contributed by atoms with Crippen molar-refractivity contribution in [2.45, 2.75) is 40.9 Å². The molecular formula is C19H21ClN4O7S2. The van der Waals surface area contributed by atoms with Gasteiger partial charge in [0, 0.05) is 19.4 Å². The maximum Gasteiger partial charge on any atom is 0.320 e. The highest BCUT2D eigenvalue weighted by molar-refractivity contribution is 7.90. The van der Waals surface area contributed by atoms with E-state index in [1.165, 1.54) is 6.07 Å². The van der Waals surface area contributed by atoms with E-state index in [0.29, 0.717) is 18.7 Å². The maximum absolute atomic E-state index is 12.7. The summed E-state index contributed by atoms with van der Waals surface area (Å²) in [6.07, 6.45) is -0.326. The first-order valence-corrected chi connectivity index (χ1v) is 13.2. The number of carboxylic acids is 1. The number of fused-ring (bicyclic) bond motifs is 1. The fourth-order valence-electron chi connectivity index (χ4n) is 3.76. The molecule has 2 aromatic carbocycles. The van der Waals surface area contributed by atoms with E-state index in [1.54, 1.807) is 24.3 Å². The van der Waals surface area contributed by atoms with Crippen LogP contribution in [0.25, 0.3) is 0 Å². The van der Waals surface area contributed by atoms with Crippen molar-refractivity contribution in [2.24, 2.45) is 5.14 Å². The summed E-state index contributed by atoms with van der Waals surface area (Å²) >= 11 is 6.00. The minimum Gasteiger partial charge on any atom is -0.489 e. The normalized spacial score (nSPS) is 24.0. The lowest BCUT2D eigenvalue weighted by Crippen LogP contribution is -2.46. The van der Waals surface area contributed by atoms with Crippen molar-refractivity contribution in [3.8, 4) is 5.75 Å².